The van der Waals surface area contributed by atoms with Crippen LogP contribution in [0.3, 0.4) is 0 Å². The van der Waals surface area contributed by atoms with Crippen molar-refractivity contribution in [3.63, 3.8) is 0 Å². The van der Waals surface area contributed by atoms with Crippen molar-refractivity contribution in [2.75, 3.05) is 0 Å². The molecule has 0 fully saturated rings. The molecule has 1 rings (SSSR count). The Hall–Kier alpha value is -0.133. The molecule has 1 heterocycles. The first-order chi connectivity index (χ1) is 7.99. The van der Waals surface area contributed by atoms with Gasteiger partial charge in [-0.1, -0.05) is 27.4 Å². The van der Waals surface area contributed by atoms with Crippen molar-refractivity contribution in [3.05, 3.63) is 27.1 Å². The smallest absolute Gasteiger partial charge is 0.158 e. The van der Waals surface area contributed by atoms with Gasteiger partial charge in [0.25, 0.3) is 0 Å². The zero-order chi connectivity index (χ0) is 13.1. The fraction of sp³-hybridized carbons (Fsp3) is 0.500. The molecular weight excluding hydrogens is 319 g/mol. The highest BCUT2D eigenvalue weighted by Crippen LogP contribution is 2.34. The second-order valence-electron chi connectivity index (χ2n) is 4.00. The van der Waals surface area contributed by atoms with Gasteiger partial charge in [0.1, 0.15) is 4.88 Å². The molecule has 0 spiro atoms. The van der Waals surface area contributed by atoms with Gasteiger partial charge < -0.3 is 4.43 Å². The maximum Gasteiger partial charge on any atom is 0.158 e. The van der Waals surface area contributed by atoms with E-state index in [0.717, 1.165) is 18.1 Å². The predicted octanol–water partition coefficient (Wildman–Crippen LogP) is 5.64. The third-order valence-corrected chi connectivity index (χ3v) is 9.64. The molecule has 97 valence electrons. The van der Waals surface area contributed by atoms with Gasteiger partial charge in [-0.25, -0.2) is 4.39 Å². The lowest BCUT2D eigenvalue weighted by molar-refractivity contribution is 0.488. The number of hydrogen-bond donors (Lipinski definition) is 0. The normalized spacial score (nSPS) is 11.6. The molecule has 0 saturated carbocycles. The van der Waals surface area contributed by atoms with E-state index in [-0.39, 0.29) is 5.82 Å². The molecular formula is C12H18BrFOSSi-. The summed E-state index contributed by atoms with van der Waals surface area (Å²) < 4.78 is 20.3. The molecule has 0 unspecified atom stereocenters. The largest absolute Gasteiger partial charge is 0.688 e. The molecule has 0 aliphatic heterocycles. The number of hydrogen-bond acceptors (Lipinski definition) is 2. The summed E-state index contributed by atoms with van der Waals surface area (Å²) in [5.74, 6) is 0.238. The highest BCUT2D eigenvalue weighted by Gasteiger charge is 2.20. The van der Waals surface area contributed by atoms with Crippen molar-refractivity contribution in [3.8, 4) is 0 Å². The Morgan fingerprint density at radius 1 is 1.41 bits per heavy atom. The van der Waals surface area contributed by atoms with Crippen LogP contribution in [0.15, 0.2) is 16.4 Å². The minimum atomic E-state index is -1.75. The van der Waals surface area contributed by atoms with E-state index in [2.05, 4.69) is 43.3 Å². The van der Waals surface area contributed by atoms with Gasteiger partial charge in [0.05, 0.1) is 10.2 Å². The Labute approximate surface area is 116 Å². The quantitative estimate of drug-likeness (QED) is 0.482. The summed E-state index contributed by atoms with van der Waals surface area (Å²) in [6.45, 7) is 10.3. The number of halogens is 2. The first-order valence-corrected chi connectivity index (χ1v) is 10.0. The summed E-state index contributed by atoms with van der Waals surface area (Å²) >= 11 is 4.50. The van der Waals surface area contributed by atoms with E-state index in [1.165, 1.54) is 11.3 Å². The van der Waals surface area contributed by atoms with Crippen molar-refractivity contribution < 1.29 is 8.82 Å². The first kappa shape index (κ1) is 14.9. The van der Waals surface area contributed by atoms with Gasteiger partial charge in [-0.15, -0.1) is 29.5 Å². The summed E-state index contributed by atoms with van der Waals surface area (Å²) in [5.41, 5.74) is 0. The molecule has 0 bridgehead atoms. The van der Waals surface area contributed by atoms with Gasteiger partial charge in [0.2, 0.25) is 0 Å². The summed E-state index contributed by atoms with van der Waals surface area (Å²) in [5, 5.41) is 1.73. The Morgan fingerprint density at radius 3 is 2.29 bits per heavy atom. The van der Waals surface area contributed by atoms with E-state index in [9.17, 15) is 4.39 Å². The van der Waals surface area contributed by atoms with E-state index >= 15 is 0 Å². The van der Waals surface area contributed by atoms with Crippen molar-refractivity contribution in [2.24, 2.45) is 0 Å². The summed E-state index contributed by atoms with van der Waals surface area (Å²) in [7, 11) is -1.75. The molecule has 0 atom stereocenters. The Balaban J connectivity index is 2.88. The second-order valence-corrected chi connectivity index (χ2v) is 10.4. The van der Waals surface area contributed by atoms with Gasteiger partial charge >= 0.3 is 0 Å². The molecule has 1 nitrogen and oxygen atoms in total. The van der Waals surface area contributed by atoms with E-state index in [4.69, 9.17) is 4.43 Å². The van der Waals surface area contributed by atoms with E-state index in [0.29, 0.717) is 15.1 Å². The minimum absolute atomic E-state index is 0.258. The van der Waals surface area contributed by atoms with Gasteiger partial charge in [-0.05, 0) is 15.9 Å². The van der Waals surface area contributed by atoms with E-state index in [1.54, 1.807) is 5.38 Å². The molecule has 0 aromatic carbocycles. The van der Waals surface area contributed by atoms with Gasteiger partial charge in [-0.3, -0.25) is 0 Å². The topological polar surface area (TPSA) is 9.23 Å². The SMILES string of the molecule is C=C(O[Si-](CC)(CC)CC)c1scc(Br)c1F. The molecule has 0 N–H and O–H groups in total. The van der Waals surface area contributed by atoms with Crippen LogP contribution in [0.2, 0.25) is 18.1 Å². The molecule has 0 amide bonds. The molecule has 0 aliphatic rings. The lowest BCUT2D eigenvalue weighted by atomic mass is 10.4. The standard InChI is InChI=1S/C12H18BrFOSSi/c1-5-17(6-2,7-3)15-9(4)12-11(14)10(13)8-16-12/h8H,4-7H2,1-3H3/q-1. The van der Waals surface area contributed by atoms with Gasteiger partial charge in [0, 0.05) is 13.7 Å². The maximum atomic E-state index is 13.7. The van der Waals surface area contributed by atoms with Crippen LogP contribution in [0.25, 0.3) is 5.76 Å². The highest BCUT2D eigenvalue weighted by atomic mass is 79.9. The molecule has 0 radical (unpaired) electrons. The van der Waals surface area contributed by atoms with Crippen LogP contribution in [0, 0.1) is 5.82 Å². The van der Waals surface area contributed by atoms with Crippen molar-refractivity contribution in [1.29, 1.82) is 0 Å². The van der Waals surface area contributed by atoms with Crippen LogP contribution in [-0.4, -0.2) is 8.32 Å². The highest BCUT2D eigenvalue weighted by molar-refractivity contribution is 9.10. The van der Waals surface area contributed by atoms with Crippen LogP contribution >= 0.6 is 27.3 Å². The van der Waals surface area contributed by atoms with Crippen molar-refractivity contribution >= 4 is 41.3 Å². The summed E-state index contributed by atoms with van der Waals surface area (Å²) in [6.07, 6.45) is 0. The number of thiophene rings is 1. The molecule has 1 aromatic heterocycles. The number of rotatable bonds is 6. The molecule has 0 saturated heterocycles. The second kappa shape index (κ2) is 6.16. The Morgan fingerprint density at radius 2 is 1.94 bits per heavy atom. The zero-order valence-electron chi connectivity index (χ0n) is 10.5. The van der Waals surface area contributed by atoms with E-state index in [1.807, 2.05) is 0 Å². The molecule has 1 aromatic rings. The zero-order valence-corrected chi connectivity index (χ0v) is 13.9. The monoisotopic (exact) mass is 336 g/mol. The summed E-state index contributed by atoms with van der Waals surface area (Å²) in [4.78, 5) is 0.518. The van der Waals surface area contributed by atoms with Crippen LogP contribution in [0.4, 0.5) is 4.39 Å². The predicted molar refractivity (Wildman–Crippen MR) is 79.3 cm³/mol. The first-order valence-electron chi connectivity index (χ1n) is 5.80. The van der Waals surface area contributed by atoms with Crippen molar-refractivity contribution in [1.82, 2.24) is 0 Å². The van der Waals surface area contributed by atoms with E-state index < -0.39 is 8.32 Å². The van der Waals surface area contributed by atoms with Gasteiger partial charge in [0.15, 0.2) is 5.82 Å². The maximum absolute atomic E-state index is 13.7. The Bertz CT molecular complexity index is 393. The van der Waals surface area contributed by atoms with Crippen LogP contribution < -0.4 is 0 Å². The third kappa shape index (κ3) is 3.20. The molecule has 17 heavy (non-hydrogen) atoms. The minimum Gasteiger partial charge on any atom is -0.688 e. The Kier molecular flexibility index (Phi) is 5.41. The lowest BCUT2D eigenvalue weighted by Crippen LogP contribution is -2.34. The molecule has 5 heteroatoms. The third-order valence-electron chi connectivity index (χ3n) is 3.22. The van der Waals surface area contributed by atoms with Crippen LogP contribution in [0.1, 0.15) is 25.6 Å². The lowest BCUT2D eigenvalue weighted by Gasteiger charge is -2.42. The van der Waals surface area contributed by atoms with Crippen LogP contribution in [0.5, 0.6) is 0 Å². The summed E-state index contributed by atoms with van der Waals surface area (Å²) in [6, 6.07) is 3.10. The average molecular weight is 337 g/mol. The van der Waals surface area contributed by atoms with Crippen molar-refractivity contribution in [2.45, 2.75) is 38.9 Å². The van der Waals surface area contributed by atoms with Crippen LogP contribution in [-0.2, 0) is 4.43 Å². The fourth-order valence-electron chi connectivity index (χ4n) is 1.78. The average Bonchev–Trinajstić information content (AvgIpc) is 2.67. The molecule has 0 aliphatic carbocycles. The van der Waals surface area contributed by atoms with Gasteiger partial charge in [-0.2, -0.15) is 0 Å². The fourth-order valence-corrected chi connectivity index (χ4v) is 5.74.